The molecule has 0 bridgehead atoms. The summed E-state index contributed by atoms with van der Waals surface area (Å²) in [6, 6.07) is 1.68. The Labute approximate surface area is 113 Å². The summed E-state index contributed by atoms with van der Waals surface area (Å²) in [5.74, 6) is 1.42. The summed E-state index contributed by atoms with van der Waals surface area (Å²) in [5, 5.41) is 13.8. The standard InChI is InChI=1S/C12H22N4OS/c1-4-8(5-2)9(17)7-14-11-6-10(13)15-12(16-11)18-3/h6,8-9,17H,4-5,7H2,1-3H3,(H3,13,14,15,16). The normalized spacial score (nSPS) is 12.7. The van der Waals surface area contributed by atoms with E-state index in [1.807, 2.05) is 6.26 Å². The predicted molar refractivity (Wildman–Crippen MR) is 76.8 cm³/mol. The van der Waals surface area contributed by atoms with Crippen LogP contribution in [0.2, 0.25) is 0 Å². The lowest BCUT2D eigenvalue weighted by molar-refractivity contribution is 0.114. The van der Waals surface area contributed by atoms with E-state index >= 15 is 0 Å². The number of rotatable bonds is 7. The van der Waals surface area contributed by atoms with Crippen LogP contribution in [0.3, 0.4) is 0 Å². The Bertz CT molecular complexity index is 371. The molecule has 1 aromatic heterocycles. The molecule has 0 aliphatic carbocycles. The van der Waals surface area contributed by atoms with Gasteiger partial charge in [-0.15, -0.1) is 0 Å². The molecule has 0 aliphatic rings. The molecule has 5 nitrogen and oxygen atoms in total. The maximum absolute atomic E-state index is 10.0. The number of aliphatic hydroxyl groups excluding tert-OH is 1. The highest BCUT2D eigenvalue weighted by atomic mass is 32.2. The van der Waals surface area contributed by atoms with Crippen molar-refractivity contribution in [2.75, 3.05) is 23.9 Å². The lowest BCUT2D eigenvalue weighted by Crippen LogP contribution is -2.28. The monoisotopic (exact) mass is 270 g/mol. The van der Waals surface area contributed by atoms with E-state index in [1.165, 1.54) is 11.8 Å². The first-order valence-electron chi connectivity index (χ1n) is 6.21. The van der Waals surface area contributed by atoms with E-state index in [2.05, 4.69) is 29.1 Å². The summed E-state index contributed by atoms with van der Waals surface area (Å²) >= 11 is 1.44. The van der Waals surface area contributed by atoms with Gasteiger partial charge < -0.3 is 16.2 Å². The smallest absolute Gasteiger partial charge is 0.191 e. The van der Waals surface area contributed by atoms with E-state index < -0.39 is 0 Å². The fraction of sp³-hybridized carbons (Fsp3) is 0.667. The second-order valence-electron chi connectivity index (χ2n) is 4.19. The number of nitrogens with two attached hydrogens (primary N) is 1. The van der Waals surface area contributed by atoms with Crippen LogP contribution in [-0.2, 0) is 0 Å². The Kier molecular flexibility index (Phi) is 6.21. The van der Waals surface area contributed by atoms with Gasteiger partial charge in [-0.25, -0.2) is 9.97 Å². The minimum Gasteiger partial charge on any atom is -0.391 e. The average Bonchev–Trinajstić information content (AvgIpc) is 2.37. The average molecular weight is 270 g/mol. The van der Waals surface area contributed by atoms with Crippen molar-refractivity contribution in [1.82, 2.24) is 9.97 Å². The molecule has 0 aliphatic heterocycles. The molecule has 102 valence electrons. The maximum Gasteiger partial charge on any atom is 0.191 e. The van der Waals surface area contributed by atoms with Crippen LogP contribution in [0.1, 0.15) is 26.7 Å². The Morgan fingerprint density at radius 2 is 2.06 bits per heavy atom. The molecule has 6 heteroatoms. The lowest BCUT2D eigenvalue weighted by Gasteiger charge is -2.20. The van der Waals surface area contributed by atoms with Gasteiger partial charge in [-0.3, -0.25) is 0 Å². The van der Waals surface area contributed by atoms with Gasteiger partial charge in [0.05, 0.1) is 6.10 Å². The summed E-state index contributed by atoms with van der Waals surface area (Å²) in [6.07, 6.45) is 3.48. The van der Waals surface area contributed by atoms with Crippen molar-refractivity contribution >= 4 is 23.4 Å². The summed E-state index contributed by atoms with van der Waals surface area (Å²) in [6.45, 7) is 4.66. The summed E-state index contributed by atoms with van der Waals surface area (Å²) < 4.78 is 0. The van der Waals surface area contributed by atoms with Crippen molar-refractivity contribution < 1.29 is 5.11 Å². The molecule has 18 heavy (non-hydrogen) atoms. The highest BCUT2D eigenvalue weighted by Crippen LogP contribution is 2.17. The Hall–Kier alpha value is -1.01. The fourth-order valence-electron chi connectivity index (χ4n) is 1.83. The van der Waals surface area contributed by atoms with Crippen LogP contribution in [0.5, 0.6) is 0 Å². The topological polar surface area (TPSA) is 84.1 Å². The van der Waals surface area contributed by atoms with E-state index in [-0.39, 0.29) is 6.10 Å². The SMILES string of the molecule is CCC(CC)C(O)CNc1cc(N)nc(SC)n1. The van der Waals surface area contributed by atoms with Crippen molar-refractivity contribution in [1.29, 1.82) is 0 Å². The number of nitrogens with one attached hydrogen (secondary N) is 1. The summed E-state index contributed by atoms with van der Waals surface area (Å²) in [5.41, 5.74) is 5.69. The van der Waals surface area contributed by atoms with Crippen molar-refractivity contribution in [2.24, 2.45) is 5.92 Å². The molecule has 0 aromatic carbocycles. The van der Waals surface area contributed by atoms with Gasteiger partial charge >= 0.3 is 0 Å². The minimum absolute atomic E-state index is 0.316. The lowest BCUT2D eigenvalue weighted by atomic mass is 9.97. The minimum atomic E-state index is -0.367. The van der Waals surface area contributed by atoms with E-state index in [9.17, 15) is 5.11 Å². The number of anilines is 2. The molecular weight excluding hydrogens is 248 g/mol. The molecule has 1 atom stereocenters. The van der Waals surface area contributed by atoms with Crippen LogP contribution in [-0.4, -0.2) is 34.0 Å². The molecule has 1 heterocycles. The van der Waals surface area contributed by atoms with Crippen LogP contribution in [0.15, 0.2) is 11.2 Å². The zero-order chi connectivity index (χ0) is 13.5. The predicted octanol–water partition coefficient (Wildman–Crippen LogP) is 1.99. The molecule has 0 radical (unpaired) electrons. The third kappa shape index (κ3) is 4.34. The van der Waals surface area contributed by atoms with Gasteiger partial charge in [0.1, 0.15) is 11.6 Å². The van der Waals surface area contributed by atoms with Crippen molar-refractivity contribution in [2.45, 2.75) is 37.9 Å². The van der Waals surface area contributed by atoms with Gasteiger partial charge in [0.2, 0.25) is 0 Å². The molecular formula is C12H22N4OS. The van der Waals surface area contributed by atoms with Crippen molar-refractivity contribution in [3.05, 3.63) is 6.07 Å². The van der Waals surface area contributed by atoms with E-state index in [0.717, 1.165) is 12.8 Å². The van der Waals surface area contributed by atoms with E-state index in [0.29, 0.717) is 29.3 Å². The number of nitrogen functional groups attached to an aromatic ring is 1. The largest absolute Gasteiger partial charge is 0.391 e. The summed E-state index contributed by atoms with van der Waals surface area (Å²) in [4.78, 5) is 8.36. The molecule has 0 spiro atoms. The fourth-order valence-corrected chi connectivity index (χ4v) is 2.22. The number of nitrogens with zero attached hydrogens (tertiary/aromatic N) is 2. The van der Waals surface area contributed by atoms with Crippen LogP contribution in [0, 0.1) is 5.92 Å². The second kappa shape index (κ2) is 7.43. The first-order chi connectivity index (χ1) is 8.60. The summed E-state index contributed by atoms with van der Waals surface area (Å²) in [7, 11) is 0. The van der Waals surface area contributed by atoms with Crippen molar-refractivity contribution in [3.8, 4) is 0 Å². The number of hydrogen-bond donors (Lipinski definition) is 3. The zero-order valence-corrected chi connectivity index (χ0v) is 12.0. The number of hydrogen-bond acceptors (Lipinski definition) is 6. The third-order valence-corrected chi connectivity index (χ3v) is 3.54. The Morgan fingerprint density at radius 1 is 1.39 bits per heavy atom. The third-order valence-electron chi connectivity index (χ3n) is 2.99. The maximum atomic E-state index is 10.0. The van der Waals surface area contributed by atoms with Gasteiger partial charge in [0.15, 0.2) is 5.16 Å². The highest BCUT2D eigenvalue weighted by molar-refractivity contribution is 7.98. The number of thioether (sulfide) groups is 1. The van der Waals surface area contributed by atoms with Crippen LogP contribution >= 0.6 is 11.8 Å². The van der Waals surface area contributed by atoms with Gasteiger partial charge in [-0.1, -0.05) is 38.5 Å². The Morgan fingerprint density at radius 3 is 2.61 bits per heavy atom. The molecule has 1 aromatic rings. The quantitative estimate of drug-likeness (QED) is 0.519. The van der Waals surface area contributed by atoms with Gasteiger partial charge in [-0.05, 0) is 12.2 Å². The van der Waals surface area contributed by atoms with Crippen molar-refractivity contribution in [3.63, 3.8) is 0 Å². The molecule has 1 rings (SSSR count). The van der Waals surface area contributed by atoms with Crippen LogP contribution in [0.25, 0.3) is 0 Å². The molecule has 1 unspecified atom stereocenters. The molecule has 0 saturated carbocycles. The molecule has 0 amide bonds. The zero-order valence-electron chi connectivity index (χ0n) is 11.2. The molecule has 0 fully saturated rings. The second-order valence-corrected chi connectivity index (χ2v) is 4.96. The van der Waals surface area contributed by atoms with Gasteiger partial charge in [0.25, 0.3) is 0 Å². The van der Waals surface area contributed by atoms with Crippen LogP contribution in [0.4, 0.5) is 11.6 Å². The highest BCUT2D eigenvalue weighted by Gasteiger charge is 2.15. The van der Waals surface area contributed by atoms with Gasteiger partial charge in [-0.2, -0.15) is 0 Å². The van der Waals surface area contributed by atoms with E-state index in [4.69, 9.17) is 5.73 Å². The molecule has 4 N–H and O–H groups in total. The first-order valence-corrected chi connectivity index (χ1v) is 7.43. The Balaban J connectivity index is 2.60. The number of aromatic nitrogens is 2. The van der Waals surface area contributed by atoms with Crippen LogP contribution < -0.4 is 11.1 Å². The van der Waals surface area contributed by atoms with Gasteiger partial charge in [0, 0.05) is 12.6 Å². The number of aliphatic hydroxyl groups is 1. The first kappa shape index (κ1) is 15.0. The molecule has 0 saturated heterocycles. The van der Waals surface area contributed by atoms with E-state index in [1.54, 1.807) is 6.07 Å².